The highest BCUT2D eigenvalue weighted by atomic mass is 35.5. The summed E-state index contributed by atoms with van der Waals surface area (Å²) in [5, 5.41) is 15.1. The first-order valence-corrected chi connectivity index (χ1v) is 14.2. The summed E-state index contributed by atoms with van der Waals surface area (Å²) in [6.07, 6.45) is -1.12. The molecule has 0 radical (unpaired) electrons. The van der Waals surface area contributed by atoms with E-state index in [-0.39, 0.29) is 30.1 Å². The molecule has 210 valence electrons. The smallest absolute Gasteiger partial charge is 0.414 e. The Morgan fingerprint density at radius 2 is 1.66 bits per heavy atom. The summed E-state index contributed by atoms with van der Waals surface area (Å²) in [5.74, 6) is -0.0411. The van der Waals surface area contributed by atoms with Crippen molar-refractivity contribution in [1.82, 2.24) is 0 Å². The fourth-order valence-corrected chi connectivity index (χ4v) is 6.25. The zero-order chi connectivity index (χ0) is 28.9. The monoisotopic (exact) mass is 570 g/mol. The van der Waals surface area contributed by atoms with Crippen molar-refractivity contribution in [2.24, 2.45) is 0 Å². The summed E-state index contributed by atoms with van der Waals surface area (Å²) < 4.78 is 11.3. The molecule has 6 rings (SSSR count). The van der Waals surface area contributed by atoms with E-state index in [1.165, 1.54) is 11.0 Å². The van der Waals surface area contributed by atoms with Gasteiger partial charge in [-0.25, -0.2) is 9.59 Å². The number of hydrogen-bond donors (Lipinski definition) is 2. The van der Waals surface area contributed by atoms with E-state index in [9.17, 15) is 14.7 Å². The number of ether oxygens (including phenoxy) is 2. The minimum absolute atomic E-state index is 0.0688. The first-order valence-electron chi connectivity index (χ1n) is 13.6. The van der Waals surface area contributed by atoms with Crippen LogP contribution in [0.15, 0.2) is 72.8 Å². The largest absolute Gasteiger partial charge is 0.507 e. The number of rotatable bonds is 4. The number of nitrogens with zero attached hydrogens (tertiary/aromatic N) is 1. The molecule has 0 saturated carbocycles. The number of anilines is 2. The van der Waals surface area contributed by atoms with Crippen molar-refractivity contribution in [3.8, 4) is 16.9 Å². The van der Waals surface area contributed by atoms with Crippen molar-refractivity contribution in [1.29, 1.82) is 0 Å². The second-order valence-corrected chi connectivity index (χ2v) is 11.8. The van der Waals surface area contributed by atoms with Gasteiger partial charge in [0.05, 0.1) is 11.4 Å². The number of hydrogen-bond acceptors (Lipinski definition) is 5. The zero-order valence-electron chi connectivity index (χ0n) is 23.1. The molecule has 2 aliphatic rings. The van der Waals surface area contributed by atoms with Gasteiger partial charge in [-0.15, -0.1) is 11.6 Å². The molecule has 1 unspecified atom stereocenters. The van der Waals surface area contributed by atoms with E-state index < -0.39 is 17.8 Å². The highest BCUT2D eigenvalue weighted by Crippen LogP contribution is 2.48. The normalized spacial score (nSPS) is 15.8. The predicted molar refractivity (Wildman–Crippen MR) is 161 cm³/mol. The zero-order valence-corrected chi connectivity index (χ0v) is 23.9. The van der Waals surface area contributed by atoms with E-state index in [0.29, 0.717) is 28.7 Å². The molecule has 0 bridgehead atoms. The minimum Gasteiger partial charge on any atom is -0.507 e. The van der Waals surface area contributed by atoms with Crippen LogP contribution in [-0.2, 0) is 9.47 Å². The van der Waals surface area contributed by atoms with Gasteiger partial charge < -0.3 is 14.6 Å². The fraction of sp³-hybridized carbons (Fsp3) is 0.273. The van der Waals surface area contributed by atoms with E-state index >= 15 is 0 Å². The summed E-state index contributed by atoms with van der Waals surface area (Å²) in [4.78, 5) is 27.6. The standard InChI is InChI=1S/C33H31ClN2O5/c1-33(2,3)41-32(39)36-17-19(16-34)29-24-13-8-14-26(30(24)28(37)15-27(29)36)35-31(38)40-18-25-22-11-6-4-9-20(22)21-10-5-7-12-23(21)25/h4-15,19,25,37H,16-18H2,1-3H3,(H,35,38). The second kappa shape index (κ2) is 10.3. The predicted octanol–water partition coefficient (Wildman–Crippen LogP) is 7.98. The Balaban J connectivity index is 1.27. The quantitative estimate of drug-likeness (QED) is 0.243. The SMILES string of the molecule is CC(C)(C)OC(=O)N1CC(CCl)c2c1cc(O)c1c(NC(=O)OCC3c4ccccc4-c4ccccc43)cccc21. The van der Waals surface area contributed by atoms with Gasteiger partial charge >= 0.3 is 12.2 Å². The molecule has 1 atom stereocenters. The second-order valence-electron chi connectivity index (χ2n) is 11.4. The Kier molecular flexibility index (Phi) is 6.78. The van der Waals surface area contributed by atoms with Crippen LogP contribution in [0.3, 0.4) is 0 Å². The lowest BCUT2D eigenvalue weighted by molar-refractivity contribution is 0.0582. The lowest BCUT2D eigenvalue weighted by atomic mass is 9.94. The summed E-state index contributed by atoms with van der Waals surface area (Å²) in [5.41, 5.74) is 5.67. The summed E-state index contributed by atoms with van der Waals surface area (Å²) in [6, 6.07) is 23.2. The Labute approximate surface area is 243 Å². The van der Waals surface area contributed by atoms with E-state index in [2.05, 4.69) is 29.6 Å². The number of benzene rings is 4. The number of carbonyl (C=O) groups is 2. The van der Waals surface area contributed by atoms with Crippen LogP contribution in [-0.4, -0.2) is 41.9 Å². The number of nitrogens with one attached hydrogen (secondary N) is 1. The van der Waals surface area contributed by atoms with Crippen molar-refractivity contribution in [3.05, 3.63) is 89.5 Å². The molecule has 1 heterocycles. The number of phenols is 1. The van der Waals surface area contributed by atoms with Crippen LogP contribution < -0.4 is 10.2 Å². The third-order valence-corrected chi connectivity index (χ3v) is 8.02. The highest BCUT2D eigenvalue weighted by Gasteiger charge is 2.37. The number of carbonyl (C=O) groups excluding carboxylic acids is 2. The Morgan fingerprint density at radius 1 is 1.00 bits per heavy atom. The van der Waals surface area contributed by atoms with Gasteiger partial charge in [-0.05, 0) is 60.0 Å². The van der Waals surface area contributed by atoms with Crippen LogP contribution in [0.2, 0.25) is 0 Å². The Bertz CT molecular complexity index is 1630. The van der Waals surface area contributed by atoms with Crippen LogP contribution in [0, 0.1) is 0 Å². The molecule has 2 N–H and O–H groups in total. The maximum atomic E-state index is 13.1. The van der Waals surface area contributed by atoms with Gasteiger partial charge in [0.15, 0.2) is 0 Å². The lowest BCUT2D eigenvalue weighted by Gasteiger charge is -2.25. The molecular formula is C33H31ClN2O5. The first kappa shape index (κ1) is 27.0. The van der Waals surface area contributed by atoms with Gasteiger partial charge in [0, 0.05) is 35.7 Å². The number of phenolic OH excluding ortho intramolecular Hbond substituents is 1. The third-order valence-electron chi connectivity index (χ3n) is 7.64. The van der Waals surface area contributed by atoms with Crippen molar-refractivity contribution in [2.45, 2.75) is 38.2 Å². The summed E-state index contributed by atoms with van der Waals surface area (Å²) in [7, 11) is 0. The van der Waals surface area contributed by atoms with Gasteiger partial charge in [-0.3, -0.25) is 10.2 Å². The van der Waals surface area contributed by atoms with E-state index in [4.69, 9.17) is 21.1 Å². The highest BCUT2D eigenvalue weighted by molar-refractivity contribution is 6.19. The fourth-order valence-electron chi connectivity index (χ4n) is 6.00. The molecule has 41 heavy (non-hydrogen) atoms. The third kappa shape index (κ3) is 4.84. The molecule has 0 saturated heterocycles. The number of halogens is 1. The number of fused-ring (bicyclic) bond motifs is 6. The first-order chi connectivity index (χ1) is 19.7. The Hall–Kier alpha value is -4.23. The molecule has 4 aromatic rings. The Morgan fingerprint density at radius 3 is 2.29 bits per heavy atom. The van der Waals surface area contributed by atoms with Crippen molar-refractivity contribution < 1.29 is 24.2 Å². The van der Waals surface area contributed by atoms with Crippen LogP contribution in [0.25, 0.3) is 21.9 Å². The molecule has 0 fully saturated rings. The molecular weight excluding hydrogens is 540 g/mol. The number of aromatic hydroxyl groups is 1. The average Bonchev–Trinajstić information content (AvgIpc) is 3.47. The van der Waals surface area contributed by atoms with Gasteiger partial charge in [0.25, 0.3) is 0 Å². The van der Waals surface area contributed by atoms with E-state index in [0.717, 1.165) is 27.8 Å². The summed E-state index contributed by atoms with van der Waals surface area (Å²) >= 11 is 6.35. The van der Waals surface area contributed by atoms with Crippen LogP contribution in [0.5, 0.6) is 5.75 Å². The van der Waals surface area contributed by atoms with Crippen LogP contribution >= 0.6 is 11.6 Å². The summed E-state index contributed by atoms with van der Waals surface area (Å²) in [6.45, 7) is 5.92. The van der Waals surface area contributed by atoms with Crippen LogP contribution in [0.1, 0.15) is 49.3 Å². The average molecular weight is 571 g/mol. The van der Waals surface area contributed by atoms with Crippen LogP contribution in [0.4, 0.5) is 21.0 Å². The molecule has 1 aliphatic carbocycles. The van der Waals surface area contributed by atoms with Gasteiger partial charge in [-0.1, -0.05) is 60.7 Å². The maximum Gasteiger partial charge on any atom is 0.414 e. The van der Waals surface area contributed by atoms with E-state index in [1.54, 1.807) is 32.9 Å². The van der Waals surface area contributed by atoms with Gasteiger partial charge in [-0.2, -0.15) is 0 Å². The molecule has 7 nitrogen and oxygen atoms in total. The van der Waals surface area contributed by atoms with Gasteiger partial charge in [0.2, 0.25) is 0 Å². The molecule has 4 aromatic carbocycles. The van der Waals surface area contributed by atoms with Crippen molar-refractivity contribution in [2.75, 3.05) is 29.2 Å². The van der Waals surface area contributed by atoms with Crippen molar-refractivity contribution >= 4 is 45.9 Å². The lowest BCUT2D eigenvalue weighted by Crippen LogP contribution is -2.36. The number of alkyl halides is 1. The van der Waals surface area contributed by atoms with E-state index in [1.807, 2.05) is 30.3 Å². The maximum absolute atomic E-state index is 13.1. The molecule has 0 aromatic heterocycles. The minimum atomic E-state index is -0.671. The molecule has 8 heteroatoms. The topological polar surface area (TPSA) is 88.1 Å². The van der Waals surface area contributed by atoms with Crippen molar-refractivity contribution in [3.63, 3.8) is 0 Å². The molecule has 2 amide bonds. The number of amides is 2. The van der Waals surface area contributed by atoms with Gasteiger partial charge in [0.1, 0.15) is 18.0 Å². The molecule has 1 aliphatic heterocycles. The molecule has 0 spiro atoms.